The average Bonchev–Trinajstić information content (AvgIpc) is 2.67. The number of thiocarbonyl (C=S) groups is 1. The summed E-state index contributed by atoms with van der Waals surface area (Å²) in [5, 5.41) is 12.2. The summed E-state index contributed by atoms with van der Waals surface area (Å²) in [6, 6.07) is 7.74. The number of rotatable bonds is 4. The van der Waals surface area contributed by atoms with E-state index in [4.69, 9.17) is 17.3 Å². The van der Waals surface area contributed by atoms with E-state index in [0.29, 0.717) is 17.4 Å². The van der Waals surface area contributed by atoms with Crippen molar-refractivity contribution in [3.05, 3.63) is 35.5 Å². The van der Waals surface area contributed by atoms with Crippen molar-refractivity contribution < 1.29 is 9.90 Å². The summed E-state index contributed by atoms with van der Waals surface area (Å²) in [6.45, 7) is 0.698. The molecule has 1 aliphatic rings. The largest absolute Gasteiger partial charge is 0.395 e. The highest BCUT2D eigenvalue weighted by atomic mass is 32.1. The molecule has 1 saturated heterocycles. The van der Waals surface area contributed by atoms with Crippen LogP contribution in [0.25, 0.3) is 6.08 Å². The zero-order chi connectivity index (χ0) is 14.7. The van der Waals surface area contributed by atoms with Gasteiger partial charge in [-0.1, -0.05) is 12.1 Å². The number of benzene rings is 1. The maximum atomic E-state index is 11.9. The number of carbonyl (C=O) groups is 1. The van der Waals surface area contributed by atoms with Crippen LogP contribution < -0.4 is 10.2 Å². The maximum absolute atomic E-state index is 11.9. The number of aliphatic hydroxyl groups is 1. The molecule has 1 aliphatic heterocycles. The predicted molar refractivity (Wildman–Crippen MR) is 83.3 cm³/mol. The summed E-state index contributed by atoms with van der Waals surface area (Å²) in [4.78, 5) is 15.2. The standard InChI is InChI=1S/C14H17N3O2S/c1-16(7-8-18)11-5-3-10(4-6-11)9-12-13(19)17(2)14(20)15-12/h3-6,9,18H,7-8H2,1-2H3,(H,15,20)/b12-9-. The number of carbonyl (C=O) groups excluding carboxylic acids is 1. The van der Waals surface area contributed by atoms with Gasteiger partial charge in [-0.05, 0) is 36.0 Å². The Labute approximate surface area is 123 Å². The molecule has 1 aromatic carbocycles. The third-order valence-electron chi connectivity index (χ3n) is 3.16. The van der Waals surface area contributed by atoms with Crippen LogP contribution in [0.4, 0.5) is 5.69 Å². The predicted octanol–water partition coefficient (Wildman–Crippen LogP) is 0.802. The Morgan fingerprint density at radius 3 is 2.55 bits per heavy atom. The fourth-order valence-corrected chi connectivity index (χ4v) is 2.09. The number of amides is 1. The number of aliphatic hydroxyl groups excluding tert-OH is 1. The van der Waals surface area contributed by atoms with Gasteiger partial charge in [0, 0.05) is 26.3 Å². The first-order valence-electron chi connectivity index (χ1n) is 6.25. The van der Waals surface area contributed by atoms with Gasteiger partial charge < -0.3 is 15.3 Å². The van der Waals surface area contributed by atoms with Crippen LogP contribution in [0.15, 0.2) is 30.0 Å². The minimum Gasteiger partial charge on any atom is -0.395 e. The van der Waals surface area contributed by atoms with E-state index in [1.54, 1.807) is 13.1 Å². The van der Waals surface area contributed by atoms with E-state index in [1.165, 1.54) is 4.90 Å². The van der Waals surface area contributed by atoms with Crippen molar-refractivity contribution in [1.29, 1.82) is 0 Å². The summed E-state index contributed by atoms with van der Waals surface area (Å²) in [5.74, 6) is -0.128. The maximum Gasteiger partial charge on any atom is 0.276 e. The molecule has 2 N–H and O–H groups in total. The van der Waals surface area contributed by atoms with Crippen molar-refractivity contribution in [1.82, 2.24) is 10.2 Å². The van der Waals surface area contributed by atoms with Gasteiger partial charge in [-0.25, -0.2) is 0 Å². The molecule has 6 heteroatoms. The molecular weight excluding hydrogens is 274 g/mol. The van der Waals surface area contributed by atoms with Crippen molar-refractivity contribution >= 4 is 35.0 Å². The van der Waals surface area contributed by atoms with Crippen molar-refractivity contribution in [3.8, 4) is 0 Å². The van der Waals surface area contributed by atoms with E-state index >= 15 is 0 Å². The second-order valence-electron chi connectivity index (χ2n) is 4.59. The lowest BCUT2D eigenvalue weighted by molar-refractivity contribution is -0.121. The lowest BCUT2D eigenvalue weighted by atomic mass is 10.1. The Bertz CT molecular complexity index is 554. The zero-order valence-corrected chi connectivity index (χ0v) is 12.3. The van der Waals surface area contributed by atoms with Crippen LogP contribution in [-0.2, 0) is 4.79 Å². The third-order valence-corrected chi connectivity index (χ3v) is 3.54. The minimum absolute atomic E-state index is 0.116. The van der Waals surface area contributed by atoms with E-state index in [-0.39, 0.29) is 12.5 Å². The van der Waals surface area contributed by atoms with Gasteiger partial charge in [0.25, 0.3) is 5.91 Å². The van der Waals surface area contributed by atoms with Gasteiger partial charge in [0.1, 0.15) is 5.70 Å². The molecule has 0 bridgehead atoms. The lowest BCUT2D eigenvalue weighted by Gasteiger charge is -2.17. The van der Waals surface area contributed by atoms with E-state index in [2.05, 4.69) is 5.32 Å². The average molecular weight is 291 g/mol. The van der Waals surface area contributed by atoms with Gasteiger partial charge in [-0.2, -0.15) is 0 Å². The van der Waals surface area contributed by atoms with Crippen molar-refractivity contribution in [2.75, 3.05) is 32.1 Å². The molecule has 1 fully saturated rings. The highest BCUT2D eigenvalue weighted by Crippen LogP contribution is 2.17. The molecule has 0 unspecified atom stereocenters. The van der Waals surface area contributed by atoms with Crippen LogP contribution in [0, 0.1) is 0 Å². The molecule has 1 heterocycles. The highest BCUT2D eigenvalue weighted by Gasteiger charge is 2.26. The van der Waals surface area contributed by atoms with Gasteiger partial charge in [0.05, 0.1) is 6.61 Å². The molecule has 1 aromatic rings. The fourth-order valence-electron chi connectivity index (χ4n) is 1.89. The Hall–Kier alpha value is -1.92. The number of nitrogens with one attached hydrogen (secondary N) is 1. The zero-order valence-electron chi connectivity index (χ0n) is 11.5. The Balaban J connectivity index is 2.15. The normalized spacial score (nSPS) is 16.8. The van der Waals surface area contributed by atoms with E-state index in [9.17, 15) is 4.79 Å². The molecule has 5 nitrogen and oxygen atoms in total. The summed E-state index contributed by atoms with van der Waals surface area (Å²) >= 11 is 5.02. The smallest absolute Gasteiger partial charge is 0.276 e. The molecule has 0 aliphatic carbocycles. The number of hydrogen-bond acceptors (Lipinski definition) is 4. The van der Waals surface area contributed by atoms with Crippen LogP contribution in [-0.4, -0.2) is 48.3 Å². The van der Waals surface area contributed by atoms with Crippen molar-refractivity contribution in [3.63, 3.8) is 0 Å². The number of anilines is 1. The molecule has 106 valence electrons. The molecule has 0 atom stereocenters. The number of likely N-dealkylation sites (N-methyl/N-ethyl adjacent to an activating group) is 2. The van der Waals surface area contributed by atoms with Crippen LogP contribution in [0.2, 0.25) is 0 Å². The topological polar surface area (TPSA) is 55.8 Å². The van der Waals surface area contributed by atoms with Crippen LogP contribution in [0.3, 0.4) is 0 Å². The van der Waals surface area contributed by atoms with Gasteiger partial charge >= 0.3 is 0 Å². The Morgan fingerprint density at radius 1 is 1.40 bits per heavy atom. The summed E-state index contributed by atoms with van der Waals surface area (Å²) < 4.78 is 0. The first kappa shape index (κ1) is 14.5. The van der Waals surface area contributed by atoms with Crippen LogP contribution in [0.1, 0.15) is 5.56 Å². The highest BCUT2D eigenvalue weighted by molar-refractivity contribution is 7.80. The molecule has 1 amide bonds. The monoisotopic (exact) mass is 291 g/mol. The Morgan fingerprint density at radius 2 is 2.05 bits per heavy atom. The first-order valence-corrected chi connectivity index (χ1v) is 6.66. The molecule has 0 radical (unpaired) electrons. The molecule has 0 saturated carbocycles. The van der Waals surface area contributed by atoms with E-state index in [0.717, 1.165) is 11.3 Å². The van der Waals surface area contributed by atoms with Crippen LogP contribution in [0.5, 0.6) is 0 Å². The van der Waals surface area contributed by atoms with Gasteiger partial charge in [0.15, 0.2) is 5.11 Å². The quantitative estimate of drug-likeness (QED) is 0.635. The SMILES string of the molecule is CN1C(=O)/C(=C/c2ccc(N(C)CCO)cc2)NC1=S. The Kier molecular flexibility index (Phi) is 4.36. The van der Waals surface area contributed by atoms with Crippen molar-refractivity contribution in [2.24, 2.45) is 0 Å². The lowest BCUT2D eigenvalue weighted by Crippen LogP contribution is -2.25. The summed E-state index contributed by atoms with van der Waals surface area (Å²) in [7, 11) is 3.56. The van der Waals surface area contributed by atoms with E-state index < -0.39 is 0 Å². The molecule has 0 spiro atoms. The van der Waals surface area contributed by atoms with Crippen LogP contribution >= 0.6 is 12.2 Å². The second-order valence-corrected chi connectivity index (χ2v) is 4.98. The second kappa shape index (κ2) is 6.02. The minimum atomic E-state index is -0.128. The van der Waals surface area contributed by atoms with E-state index in [1.807, 2.05) is 36.2 Å². The first-order chi connectivity index (χ1) is 9.52. The molecule has 20 heavy (non-hydrogen) atoms. The summed E-state index contributed by atoms with van der Waals surface area (Å²) in [5.41, 5.74) is 2.41. The third kappa shape index (κ3) is 2.97. The summed E-state index contributed by atoms with van der Waals surface area (Å²) in [6.07, 6.45) is 1.77. The number of hydrogen-bond donors (Lipinski definition) is 2. The van der Waals surface area contributed by atoms with Gasteiger partial charge in [-0.15, -0.1) is 0 Å². The fraction of sp³-hybridized carbons (Fsp3) is 0.286. The van der Waals surface area contributed by atoms with Gasteiger partial charge in [0.2, 0.25) is 0 Å². The van der Waals surface area contributed by atoms with Gasteiger partial charge in [-0.3, -0.25) is 9.69 Å². The molecule has 2 rings (SSSR count). The molecular formula is C14H17N3O2S. The van der Waals surface area contributed by atoms with Crippen molar-refractivity contribution in [2.45, 2.75) is 0 Å². The molecule has 0 aromatic heterocycles. The number of nitrogens with zero attached hydrogens (tertiary/aromatic N) is 2.